The number of thiol groups is 1. The van der Waals surface area contributed by atoms with Gasteiger partial charge in [0, 0.05) is 19.1 Å². The van der Waals surface area contributed by atoms with Crippen molar-refractivity contribution in [3.8, 4) is 0 Å². The molecule has 0 amide bonds. The molecule has 0 bridgehead atoms. The molecule has 1 aromatic rings. The summed E-state index contributed by atoms with van der Waals surface area (Å²) in [7, 11) is 4.19. The Kier molecular flexibility index (Phi) is 6.02. The predicted octanol–water partition coefficient (Wildman–Crippen LogP) is -0.564. The van der Waals surface area contributed by atoms with E-state index in [4.69, 9.17) is 16.6 Å². The van der Waals surface area contributed by atoms with E-state index in [0.717, 1.165) is 0 Å². The van der Waals surface area contributed by atoms with Crippen LogP contribution in [0.4, 0.5) is 16.0 Å². The van der Waals surface area contributed by atoms with E-state index in [2.05, 4.69) is 29.6 Å². The van der Waals surface area contributed by atoms with Crippen LogP contribution in [0.3, 0.4) is 0 Å². The lowest BCUT2D eigenvalue weighted by molar-refractivity contribution is -0.142. The molecule has 1 aliphatic heterocycles. The molecule has 10 heteroatoms. The van der Waals surface area contributed by atoms with Gasteiger partial charge in [0.1, 0.15) is 6.33 Å². The van der Waals surface area contributed by atoms with Crippen molar-refractivity contribution in [1.82, 2.24) is 9.97 Å². The Bertz CT molecular complexity index is 481. The van der Waals surface area contributed by atoms with E-state index in [9.17, 15) is 9.18 Å². The fraction of sp³-hybridized carbons (Fsp3) is 0.500. The zero-order valence-electron chi connectivity index (χ0n) is 10.6. The Labute approximate surface area is 122 Å². The SMILES string of the molecule is Nc1ncnc(N2CCC(C(=O)O)C(N)C2)c1F.[B]S. The van der Waals surface area contributed by atoms with Crippen LogP contribution in [-0.2, 0) is 4.79 Å². The molecule has 1 fully saturated rings. The first kappa shape index (κ1) is 16.5. The quantitative estimate of drug-likeness (QED) is 0.427. The first-order chi connectivity index (χ1) is 9.50. The zero-order valence-corrected chi connectivity index (χ0v) is 11.5. The van der Waals surface area contributed by atoms with E-state index >= 15 is 0 Å². The molecule has 2 unspecified atom stereocenters. The molecule has 108 valence electrons. The smallest absolute Gasteiger partial charge is 0.308 e. The molecule has 0 spiro atoms. The van der Waals surface area contributed by atoms with Gasteiger partial charge in [0.05, 0.1) is 5.92 Å². The molecule has 0 saturated carbocycles. The first-order valence-electron chi connectivity index (χ1n) is 5.76. The number of aromatic nitrogens is 2. The van der Waals surface area contributed by atoms with Gasteiger partial charge < -0.3 is 21.5 Å². The number of carboxylic acid groups (broad SMARTS) is 1. The number of carboxylic acids is 1. The molecule has 7 nitrogen and oxygen atoms in total. The number of anilines is 2. The van der Waals surface area contributed by atoms with Gasteiger partial charge in [-0.2, -0.15) is 4.39 Å². The molecule has 20 heavy (non-hydrogen) atoms. The number of aliphatic carboxylic acids is 1. The Balaban J connectivity index is 0.000000956. The summed E-state index contributed by atoms with van der Waals surface area (Å²) >= 11 is 3.03. The van der Waals surface area contributed by atoms with Crippen LogP contribution in [0.25, 0.3) is 0 Å². The third kappa shape index (κ3) is 3.51. The van der Waals surface area contributed by atoms with E-state index < -0.39 is 23.7 Å². The number of piperidine rings is 1. The minimum Gasteiger partial charge on any atom is -0.481 e. The van der Waals surface area contributed by atoms with Crippen molar-refractivity contribution in [3.05, 3.63) is 12.1 Å². The van der Waals surface area contributed by atoms with Gasteiger partial charge in [-0.1, -0.05) is 0 Å². The molecule has 0 aliphatic carbocycles. The number of nitrogen functional groups attached to an aromatic ring is 1. The molecular weight excluding hydrogens is 284 g/mol. The predicted molar refractivity (Wildman–Crippen MR) is 77.1 cm³/mol. The van der Waals surface area contributed by atoms with Gasteiger partial charge in [-0.25, -0.2) is 22.4 Å². The van der Waals surface area contributed by atoms with Crippen molar-refractivity contribution in [3.63, 3.8) is 0 Å². The van der Waals surface area contributed by atoms with Gasteiger partial charge in [-0.05, 0) is 6.42 Å². The fourth-order valence-electron chi connectivity index (χ4n) is 2.08. The maximum Gasteiger partial charge on any atom is 0.308 e. The number of nitrogens with two attached hydrogens (primary N) is 2. The third-order valence-electron chi connectivity index (χ3n) is 3.07. The second-order valence-electron chi connectivity index (χ2n) is 4.24. The number of hydrogen-bond donors (Lipinski definition) is 4. The average Bonchev–Trinajstić information content (AvgIpc) is 2.43. The number of carbonyl (C=O) groups is 1. The average molecular weight is 299 g/mol. The van der Waals surface area contributed by atoms with Gasteiger partial charge in [0.2, 0.25) is 5.82 Å². The van der Waals surface area contributed by atoms with Crippen LogP contribution in [0.5, 0.6) is 0 Å². The Morgan fingerprint density at radius 1 is 1.55 bits per heavy atom. The summed E-state index contributed by atoms with van der Waals surface area (Å²) in [6, 6.07) is -0.563. The summed E-state index contributed by atoms with van der Waals surface area (Å²) in [5.41, 5.74) is 11.1. The second-order valence-corrected chi connectivity index (χ2v) is 4.24. The van der Waals surface area contributed by atoms with E-state index in [1.54, 1.807) is 4.90 Å². The van der Waals surface area contributed by atoms with Gasteiger partial charge in [0.25, 0.3) is 0 Å². The van der Waals surface area contributed by atoms with Crippen LogP contribution in [0, 0.1) is 11.7 Å². The van der Waals surface area contributed by atoms with Crippen LogP contribution in [-0.4, -0.2) is 47.3 Å². The van der Waals surface area contributed by atoms with E-state index in [0.29, 0.717) is 13.0 Å². The van der Waals surface area contributed by atoms with Crippen LogP contribution >= 0.6 is 12.5 Å². The Morgan fingerprint density at radius 2 is 2.20 bits per heavy atom. The highest BCUT2D eigenvalue weighted by Crippen LogP contribution is 2.24. The first-order valence-corrected chi connectivity index (χ1v) is 6.27. The van der Waals surface area contributed by atoms with Gasteiger partial charge >= 0.3 is 5.97 Å². The summed E-state index contributed by atoms with van der Waals surface area (Å²) in [5.74, 6) is -2.39. The van der Waals surface area contributed by atoms with E-state index in [-0.39, 0.29) is 18.2 Å². The van der Waals surface area contributed by atoms with Crippen LogP contribution in [0.2, 0.25) is 0 Å². The maximum atomic E-state index is 13.7. The number of rotatable bonds is 2. The highest BCUT2D eigenvalue weighted by Gasteiger charge is 2.33. The van der Waals surface area contributed by atoms with Crippen LogP contribution < -0.4 is 16.4 Å². The second kappa shape index (κ2) is 7.29. The normalized spacial score (nSPS) is 21.9. The Hall–Kier alpha value is -1.55. The van der Waals surface area contributed by atoms with Gasteiger partial charge in [-0.15, -0.1) is 0 Å². The lowest BCUT2D eigenvalue weighted by Gasteiger charge is -2.35. The number of nitrogens with zero attached hydrogens (tertiary/aromatic N) is 3. The zero-order chi connectivity index (χ0) is 15.3. The standard InChI is InChI=1S/C10H14FN5O2.BHS/c11-7-8(13)14-4-15-9(7)16-2-1-5(10(17)18)6(12)3-16;1-2/h4-6H,1-3,12H2,(H,17,18)(H2,13,14,15);2H. The molecular formula is C10H15BFN5O2S. The lowest BCUT2D eigenvalue weighted by atomic mass is 9.92. The lowest BCUT2D eigenvalue weighted by Crippen LogP contribution is -2.51. The molecule has 2 atom stereocenters. The Morgan fingerprint density at radius 3 is 2.75 bits per heavy atom. The van der Waals surface area contributed by atoms with Crippen molar-refractivity contribution in [2.45, 2.75) is 12.5 Å². The third-order valence-corrected chi connectivity index (χ3v) is 3.07. The van der Waals surface area contributed by atoms with Crippen LogP contribution in [0.1, 0.15) is 6.42 Å². The molecule has 2 rings (SSSR count). The number of hydrogen-bond acceptors (Lipinski definition) is 7. The largest absolute Gasteiger partial charge is 0.481 e. The summed E-state index contributed by atoms with van der Waals surface area (Å²) in [4.78, 5) is 19.9. The van der Waals surface area contributed by atoms with Gasteiger partial charge in [-0.3, -0.25) is 4.79 Å². The van der Waals surface area contributed by atoms with Crippen molar-refractivity contribution in [1.29, 1.82) is 0 Å². The van der Waals surface area contributed by atoms with E-state index in [1.165, 1.54) is 6.33 Å². The minimum absolute atomic E-state index is 0.0711. The monoisotopic (exact) mass is 299 g/mol. The molecule has 2 heterocycles. The molecule has 5 N–H and O–H groups in total. The highest BCUT2D eigenvalue weighted by atomic mass is 32.1. The van der Waals surface area contributed by atoms with Crippen molar-refractivity contribution in [2.75, 3.05) is 23.7 Å². The summed E-state index contributed by atoms with van der Waals surface area (Å²) in [5, 5.41) is 8.95. The summed E-state index contributed by atoms with van der Waals surface area (Å²) < 4.78 is 13.7. The highest BCUT2D eigenvalue weighted by molar-refractivity contribution is 8.03. The fourth-order valence-corrected chi connectivity index (χ4v) is 2.08. The summed E-state index contributed by atoms with van der Waals surface area (Å²) in [6.45, 7) is 0.600. The molecule has 2 radical (unpaired) electrons. The maximum absolute atomic E-state index is 13.7. The van der Waals surface area contributed by atoms with Crippen molar-refractivity contribution in [2.24, 2.45) is 11.7 Å². The molecule has 1 aliphatic rings. The van der Waals surface area contributed by atoms with E-state index in [1.807, 2.05) is 0 Å². The minimum atomic E-state index is -0.926. The molecule has 1 saturated heterocycles. The molecule has 1 aromatic heterocycles. The van der Waals surface area contributed by atoms with Crippen molar-refractivity contribution < 1.29 is 14.3 Å². The topological polar surface area (TPSA) is 118 Å². The van der Waals surface area contributed by atoms with Crippen LogP contribution in [0.15, 0.2) is 6.33 Å². The summed E-state index contributed by atoms with van der Waals surface area (Å²) in [6.07, 6.45) is 1.52. The number of halogens is 1. The van der Waals surface area contributed by atoms with Gasteiger partial charge in [0.15, 0.2) is 18.8 Å². The molecule has 0 aromatic carbocycles. The van der Waals surface area contributed by atoms with Crippen molar-refractivity contribution >= 4 is 37.2 Å².